The molecule has 0 saturated carbocycles. The maximum absolute atomic E-state index is 12.5. The van der Waals surface area contributed by atoms with Crippen molar-refractivity contribution >= 4 is 11.9 Å². The van der Waals surface area contributed by atoms with Crippen LogP contribution in [0.4, 0.5) is 0 Å². The van der Waals surface area contributed by atoms with Gasteiger partial charge in [-0.1, -0.05) is 295 Å². The van der Waals surface area contributed by atoms with Crippen molar-refractivity contribution in [2.24, 2.45) is 0 Å². The average Bonchev–Trinajstić information content (AvgIpc) is 3.35. The second-order valence-corrected chi connectivity index (χ2v) is 21.4. The Hall–Kier alpha value is -1.66. The molecule has 69 heavy (non-hydrogen) atoms. The molecular weight excluding hydrogens is 851 g/mol. The number of nitrogens with one attached hydrogen (secondary N) is 1. The number of hydrogen-bond acceptors (Lipinski definition) is 5. The Balaban J connectivity index is 3.35. The number of aliphatic hydroxyl groups excluding tert-OH is 2. The van der Waals surface area contributed by atoms with Gasteiger partial charge in [-0.15, -0.1) is 0 Å². The molecule has 0 aromatic heterocycles. The van der Waals surface area contributed by atoms with Gasteiger partial charge < -0.3 is 20.3 Å². The monoisotopic (exact) mass is 972 g/mol. The molecule has 0 aliphatic carbocycles. The summed E-state index contributed by atoms with van der Waals surface area (Å²) in [6, 6.07) is -0.540. The van der Waals surface area contributed by atoms with Gasteiger partial charge in [-0.05, 0) is 57.8 Å². The van der Waals surface area contributed by atoms with E-state index in [2.05, 4.69) is 43.5 Å². The topological polar surface area (TPSA) is 95.9 Å². The van der Waals surface area contributed by atoms with E-state index in [4.69, 9.17) is 4.74 Å². The fourth-order valence-electron chi connectivity index (χ4n) is 9.73. The highest BCUT2D eigenvalue weighted by Gasteiger charge is 2.20. The fourth-order valence-corrected chi connectivity index (χ4v) is 9.73. The zero-order valence-electron chi connectivity index (χ0n) is 46.6. The predicted molar refractivity (Wildman–Crippen MR) is 301 cm³/mol. The van der Waals surface area contributed by atoms with E-state index in [9.17, 15) is 19.8 Å². The molecule has 0 aliphatic rings. The lowest BCUT2D eigenvalue weighted by atomic mass is 10.0. The number of hydrogen-bond donors (Lipinski definition) is 3. The van der Waals surface area contributed by atoms with Gasteiger partial charge in [-0.3, -0.25) is 9.59 Å². The molecule has 6 nitrogen and oxygen atoms in total. The number of carbonyl (C=O) groups is 2. The van der Waals surface area contributed by atoms with E-state index in [0.29, 0.717) is 25.9 Å². The molecule has 0 aliphatic heterocycles. The Morgan fingerprint density at radius 2 is 0.725 bits per heavy atom. The number of aliphatic hydroxyl groups is 2. The van der Waals surface area contributed by atoms with Crippen LogP contribution in [0.2, 0.25) is 0 Å². The highest BCUT2D eigenvalue weighted by molar-refractivity contribution is 5.76. The Morgan fingerprint density at radius 3 is 1.13 bits per heavy atom. The molecule has 0 saturated heterocycles. The number of unbranched alkanes of at least 4 members (excludes halogenated alkanes) is 43. The molecule has 6 heteroatoms. The van der Waals surface area contributed by atoms with Crippen molar-refractivity contribution in [3.63, 3.8) is 0 Å². The third-order valence-corrected chi connectivity index (χ3v) is 14.5. The van der Waals surface area contributed by atoms with E-state index < -0.39 is 12.1 Å². The first-order chi connectivity index (χ1) is 34.0. The van der Waals surface area contributed by atoms with Crippen molar-refractivity contribution in [2.45, 2.75) is 353 Å². The number of rotatable bonds is 58. The van der Waals surface area contributed by atoms with Crippen molar-refractivity contribution in [2.75, 3.05) is 13.2 Å². The van der Waals surface area contributed by atoms with Gasteiger partial charge in [0, 0.05) is 12.8 Å². The van der Waals surface area contributed by atoms with E-state index in [-0.39, 0.29) is 18.5 Å². The molecule has 1 amide bonds. The van der Waals surface area contributed by atoms with Crippen LogP contribution in [0, 0.1) is 0 Å². The summed E-state index contributed by atoms with van der Waals surface area (Å²) in [5.41, 5.74) is 0. The lowest BCUT2D eigenvalue weighted by Crippen LogP contribution is -2.45. The first kappa shape index (κ1) is 67.3. The smallest absolute Gasteiger partial charge is 0.305 e. The Kier molecular flexibility index (Phi) is 57.5. The highest BCUT2D eigenvalue weighted by Crippen LogP contribution is 2.18. The summed E-state index contributed by atoms with van der Waals surface area (Å²) in [7, 11) is 0. The van der Waals surface area contributed by atoms with Crippen LogP contribution >= 0.6 is 0 Å². The van der Waals surface area contributed by atoms with Gasteiger partial charge >= 0.3 is 5.97 Å². The molecule has 408 valence electrons. The van der Waals surface area contributed by atoms with E-state index in [1.165, 1.54) is 257 Å². The lowest BCUT2D eigenvalue weighted by molar-refractivity contribution is -0.143. The number of carbonyl (C=O) groups excluding carboxylic acids is 2. The molecule has 0 spiro atoms. The molecule has 0 rings (SSSR count). The number of amides is 1. The average molecular weight is 973 g/mol. The van der Waals surface area contributed by atoms with Crippen molar-refractivity contribution in [3.8, 4) is 0 Å². The Bertz CT molecular complexity index is 1080. The van der Waals surface area contributed by atoms with Crippen LogP contribution in [0.15, 0.2) is 24.3 Å². The maximum Gasteiger partial charge on any atom is 0.305 e. The Morgan fingerprint density at radius 1 is 0.406 bits per heavy atom. The van der Waals surface area contributed by atoms with Gasteiger partial charge in [-0.2, -0.15) is 0 Å². The van der Waals surface area contributed by atoms with Gasteiger partial charge in [0.25, 0.3) is 0 Å². The molecular formula is C63H121NO5. The predicted octanol–water partition coefficient (Wildman–Crippen LogP) is 19.4. The Labute approximate surface area is 431 Å². The number of ether oxygens (including phenoxy) is 1. The lowest BCUT2D eigenvalue weighted by Gasteiger charge is -2.22. The highest BCUT2D eigenvalue weighted by atomic mass is 16.5. The van der Waals surface area contributed by atoms with Gasteiger partial charge in [0.05, 0.1) is 25.4 Å². The summed E-state index contributed by atoms with van der Waals surface area (Å²) in [6.07, 6.45) is 71.9. The minimum atomic E-state index is -0.662. The SMILES string of the molecule is CCCCC/C=C\C/C=C\CCCCCCCCCC(=O)OCCCCCCCCCCCCCCCCCCCCCCCCCC(=O)NC(CO)C(O)CCCCCCCCCCCCCC. The quantitative estimate of drug-likeness (QED) is 0.0321. The molecule has 0 fully saturated rings. The molecule has 0 heterocycles. The number of allylic oxidation sites excluding steroid dienone is 4. The summed E-state index contributed by atoms with van der Waals surface area (Å²) < 4.78 is 5.49. The van der Waals surface area contributed by atoms with Crippen molar-refractivity contribution < 1.29 is 24.5 Å². The third kappa shape index (κ3) is 55.5. The summed E-state index contributed by atoms with van der Waals surface area (Å²) >= 11 is 0. The van der Waals surface area contributed by atoms with Crippen LogP contribution in [0.25, 0.3) is 0 Å². The fraction of sp³-hybridized carbons (Fsp3) is 0.905. The van der Waals surface area contributed by atoms with E-state index in [1.54, 1.807) is 0 Å². The summed E-state index contributed by atoms with van der Waals surface area (Å²) in [5, 5.41) is 23.2. The van der Waals surface area contributed by atoms with Crippen LogP contribution in [-0.4, -0.2) is 47.4 Å². The van der Waals surface area contributed by atoms with Gasteiger partial charge in [0.2, 0.25) is 5.91 Å². The molecule has 0 bridgehead atoms. The molecule has 2 unspecified atom stereocenters. The van der Waals surface area contributed by atoms with E-state index in [0.717, 1.165) is 51.4 Å². The maximum atomic E-state index is 12.5. The third-order valence-electron chi connectivity index (χ3n) is 14.5. The van der Waals surface area contributed by atoms with E-state index in [1.807, 2.05) is 0 Å². The van der Waals surface area contributed by atoms with E-state index >= 15 is 0 Å². The normalized spacial score (nSPS) is 12.7. The van der Waals surface area contributed by atoms with Crippen LogP contribution in [0.3, 0.4) is 0 Å². The second-order valence-electron chi connectivity index (χ2n) is 21.4. The van der Waals surface area contributed by atoms with Gasteiger partial charge in [-0.25, -0.2) is 0 Å². The number of esters is 1. The van der Waals surface area contributed by atoms with Crippen molar-refractivity contribution in [1.82, 2.24) is 5.32 Å². The van der Waals surface area contributed by atoms with Crippen LogP contribution in [-0.2, 0) is 14.3 Å². The zero-order valence-corrected chi connectivity index (χ0v) is 46.6. The van der Waals surface area contributed by atoms with Crippen LogP contribution in [0.5, 0.6) is 0 Å². The van der Waals surface area contributed by atoms with Crippen LogP contribution in [0.1, 0.15) is 341 Å². The summed E-state index contributed by atoms with van der Waals surface area (Å²) in [6.45, 7) is 4.94. The van der Waals surface area contributed by atoms with Gasteiger partial charge in [0.15, 0.2) is 0 Å². The molecule has 3 N–H and O–H groups in total. The van der Waals surface area contributed by atoms with Gasteiger partial charge in [0.1, 0.15) is 0 Å². The minimum absolute atomic E-state index is 0.00697. The summed E-state index contributed by atoms with van der Waals surface area (Å²) in [4.78, 5) is 24.5. The minimum Gasteiger partial charge on any atom is -0.466 e. The first-order valence-corrected chi connectivity index (χ1v) is 31.1. The standard InChI is InChI=1S/C63H121NO5/c1-3-5-7-9-11-13-15-17-18-26-30-33-37-41-45-49-53-57-63(68)69-58-54-50-46-42-38-34-31-28-25-23-21-19-20-22-24-27-29-32-36-40-44-48-52-56-62(67)64-60(59-65)61(66)55-51-47-43-39-35-16-14-12-10-8-6-4-2/h11,13,17-18,60-61,65-66H,3-10,12,14-16,19-59H2,1-2H3,(H,64,67)/b13-11-,18-17-. The molecule has 0 aromatic carbocycles. The largest absolute Gasteiger partial charge is 0.466 e. The zero-order chi connectivity index (χ0) is 50.0. The molecule has 2 atom stereocenters. The molecule has 0 radical (unpaired) electrons. The summed E-state index contributed by atoms with van der Waals surface area (Å²) in [5.74, 6) is -0.0269. The first-order valence-electron chi connectivity index (χ1n) is 31.1. The second kappa shape index (κ2) is 58.9. The molecule has 0 aromatic rings. The van der Waals surface area contributed by atoms with Crippen LogP contribution < -0.4 is 5.32 Å². The van der Waals surface area contributed by atoms with Crippen molar-refractivity contribution in [3.05, 3.63) is 24.3 Å². The van der Waals surface area contributed by atoms with Crippen molar-refractivity contribution in [1.29, 1.82) is 0 Å².